The van der Waals surface area contributed by atoms with Gasteiger partial charge in [0.1, 0.15) is 0 Å². The van der Waals surface area contributed by atoms with Gasteiger partial charge in [-0.25, -0.2) is 9.97 Å². The SMILES string of the molecule is CCC.CNC(=O)Cc1ccc(-c2ccc3cccnc3n2)cc1. The zero-order valence-electron chi connectivity index (χ0n) is 14.4. The highest BCUT2D eigenvalue weighted by Crippen LogP contribution is 2.20. The minimum Gasteiger partial charge on any atom is -0.359 e. The van der Waals surface area contributed by atoms with E-state index >= 15 is 0 Å². The van der Waals surface area contributed by atoms with Crippen molar-refractivity contribution in [1.29, 1.82) is 0 Å². The molecule has 0 aliphatic heterocycles. The predicted molar refractivity (Wildman–Crippen MR) is 98.7 cm³/mol. The molecule has 0 bridgehead atoms. The van der Waals surface area contributed by atoms with Crippen LogP contribution < -0.4 is 5.32 Å². The Morgan fingerprint density at radius 3 is 2.42 bits per heavy atom. The Morgan fingerprint density at radius 2 is 1.75 bits per heavy atom. The minimum atomic E-state index is 0.00998. The Kier molecular flexibility index (Phi) is 6.43. The first-order valence-corrected chi connectivity index (χ1v) is 8.19. The molecule has 2 aromatic heterocycles. The summed E-state index contributed by atoms with van der Waals surface area (Å²) >= 11 is 0. The molecule has 0 atom stereocenters. The second-order valence-corrected chi connectivity index (χ2v) is 5.50. The standard InChI is InChI=1S/C17H15N3O.C3H8/c1-18-16(21)11-12-4-6-13(7-5-12)15-9-8-14-3-2-10-19-17(14)20-15;1-3-2/h2-10H,11H2,1H3,(H,18,21);3H2,1-2H3. The van der Waals surface area contributed by atoms with E-state index in [2.05, 4.69) is 29.1 Å². The van der Waals surface area contributed by atoms with Gasteiger partial charge in [-0.2, -0.15) is 0 Å². The molecule has 4 nitrogen and oxygen atoms in total. The summed E-state index contributed by atoms with van der Waals surface area (Å²) in [5.74, 6) is 0.00998. The second kappa shape index (κ2) is 8.77. The number of aromatic nitrogens is 2. The number of nitrogens with zero attached hydrogens (tertiary/aromatic N) is 2. The molecule has 124 valence electrons. The maximum Gasteiger partial charge on any atom is 0.224 e. The first-order valence-electron chi connectivity index (χ1n) is 8.19. The summed E-state index contributed by atoms with van der Waals surface area (Å²) in [6.45, 7) is 4.25. The van der Waals surface area contributed by atoms with Crippen molar-refractivity contribution in [2.45, 2.75) is 26.7 Å². The largest absolute Gasteiger partial charge is 0.359 e. The number of hydrogen-bond acceptors (Lipinski definition) is 3. The van der Waals surface area contributed by atoms with Gasteiger partial charge in [0.25, 0.3) is 0 Å². The van der Waals surface area contributed by atoms with Crippen molar-refractivity contribution >= 4 is 16.9 Å². The van der Waals surface area contributed by atoms with E-state index in [4.69, 9.17) is 0 Å². The van der Waals surface area contributed by atoms with Crippen LogP contribution in [0.25, 0.3) is 22.3 Å². The number of fused-ring (bicyclic) bond motifs is 1. The lowest BCUT2D eigenvalue weighted by Gasteiger charge is -2.05. The number of carbonyl (C=O) groups excluding carboxylic acids is 1. The van der Waals surface area contributed by atoms with Crippen LogP contribution in [0.1, 0.15) is 25.8 Å². The van der Waals surface area contributed by atoms with Crippen LogP contribution in [0.15, 0.2) is 54.7 Å². The van der Waals surface area contributed by atoms with Crippen LogP contribution in [0.5, 0.6) is 0 Å². The Labute approximate surface area is 143 Å². The quantitative estimate of drug-likeness (QED) is 0.793. The fourth-order valence-corrected chi connectivity index (χ4v) is 2.18. The summed E-state index contributed by atoms with van der Waals surface area (Å²) in [6.07, 6.45) is 3.38. The van der Waals surface area contributed by atoms with Crippen molar-refractivity contribution < 1.29 is 4.79 Å². The van der Waals surface area contributed by atoms with E-state index in [0.29, 0.717) is 6.42 Å². The molecule has 4 heteroatoms. The number of rotatable bonds is 3. The molecule has 0 spiro atoms. The maximum atomic E-state index is 11.4. The van der Waals surface area contributed by atoms with Crippen molar-refractivity contribution in [3.05, 3.63) is 60.3 Å². The summed E-state index contributed by atoms with van der Waals surface area (Å²) in [4.78, 5) is 20.2. The highest BCUT2D eigenvalue weighted by Gasteiger charge is 2.04. The van der Waals surface area contributed by atoms with Gasteiger partial charge in [0.05, 0.1) is 12.1 Å². The Balaban J connectivity index is 0.000000647. The normalized spacial score (nSPS) is 9.96. The van der Waals surface area contributed by atoms with Gasteiger partial charge in [-0.05, 0) is 29.8 Å². The van der Waals surface area contributed by atoms with E-state index in [-0.39, 0.29) is 5.91 Å². The summed E-state index contributed by atoms with van der Waals surface area (Å²) in [7, 11) is 1.64. The van der Waals surface area contributed by atoms with Crippen molar-refractivity contribution in [2.24, 2.45) is 0 Å². The van der Waals surface area contributed by atoms with Gasteiger partial charge < -0.3 is 5.32 Å². The summed E-state index contributed by atoms with van der Waals surface area (Å²) in [6, 6.07) is 15.8. The topological polar surface area (TPSA) is 54.9 Å². The molecule has 1 N–H and O–H groups in total. The maximum absolute atomic E-state index is 11.4. The molecule has 1 amide bonds. The number of carbonyl (C=O) groups is 1. The van der Waals surface area contributed by atoms with E-state index < -0.39 is 0 Å². The van der Waals surface area contributed by atoms with Gasteiger partial charge in [-0.3, -0.25) is 4.79 Å². The van der Waals surface area contributed by atoms with Crippen molar-refractivity contribution in [3.63, 3.8) is 0 Å². The van der Waals surface area contributed by atoms with E-state index in [1.54, 1.807) is 13.2 Å². The average Bonchev–Trinajstić information content (AvgIpc) is 2.62. The van der Waals surface area contributed by atoms with Crippen LogP contribution in [0.3, 0.4) is 0 Å². The second-order valence-electron chi connectivity index (χ2n) is 5.50. The molecule has 0 aliphatic rings. The van der Waals surface area contributed by atoms with Crippen LogP contribution in [-0.4, -0.2) is 22.9 Å². The highest BCUT2D eigenvalue weighted by molar-refractivity contribution is 5.79. The van der Waals surface area contributed by atoms with Crippen LogP contribution in [0.2, 0.25) is 0 Å². The van der Waals surface area contributed by atoms with Crippen molar-refractivity contribution in [3.8, 4) is 11.3 Å². The number of pyridine rings is 2. The highest BCUT2D eigenvalue weighted by atomic mass is 16.1. The van der Waals surface area contributed by atoms with Crippen LogP contribution in [-0.2, 0) is 11.2 Å². The first-order chi connectivity index (χ1) is 11.7. The molecule has 0 fully saturated rings. The third-order valence-corrected chi connectivity index (χ3v) is 3.36. The van der Waals surface area contributed by atoms with E-state index in [9.17, 15) is 4.79 Å². The lowest BCUT2D eigenvalue weighted by atomic mass is 10.1. The van der Waals surface area contributed by atoms with Crippen molar-refractivity contribution in [1.82, 2.24) is 15.3 Å². The number of likely N-dealkylation sites (N-methyl/N-ethyl adjacent to an activating group) is 1. The smallest absolute Gasteiger partial charge is 0.224 e. The zero-order chi connectivity index (χ0) is 17.4. The molecular formula is C20H23N3O. The van der Waals surface area contributed by atoms with Crippen LogP contribution in [0.4, 0.5) is 0 Å². The number of amides is 1. The van der Waals surface area contributed by atoms with Gasteiger partial charge in [0, 0.05) is 24.2 Å². The molecule has 24 heavy (non-hydrogen) atoms. The van der Waals surface area contributed by atoms with Crippen LogP contribution >= 0.6 is 0 Å². The first kappa shape index (κ1) is 17.6. The summed E-state index contributed by atoms with van der Waals surface area (Å²) < 4.78 is 0. The molecule has 0 unspecified atom stereocenters. The van der Waals surface area contributed by atoms with Gasteiger partial charge in [0.2, 0.25) is 5.91 Å². The van der Waals surface area contributed by atoms with E-state index in [1.807, 2.05) is 48.5 Å². The predicted octanol–water partition coefficient (Wildman–Crippen LogP) is 4.00. The molecule has 3 aromatic rings. The van der Waals surface area contributed by atoms with Crippen LogP contribution in [0, 0.1) is 0 Å². The molecule has 0 aliphatic carbocycles. The van der Waals surface area contributed by atoms with Crippen molar-refractivity contribution in [2.75, 3.05) is 7.05 Å². The number of benzene rings is 1. The average molecular weight is 321 g/mol. The molecule has 0 radical (unpaired) electrons. The number of hydrogen-bond donors (Lipinski definition) is 1. The Bertz CT molecular complexity index is 797. The van der Waals surface area contributed by atoms with Gasteiger partial charge in [-0.1, -0.05) is 44.5 Å². The Morgan fingerprint density at radius 1 is 1.04 bits per heavy atom. The van der Waals surface area contributed by atoms with Gasteiger partial charge in [0.15, 0.2) is 5.65 Å². The molecule has 2 heterocycles. The fraction of sp³-hybridized carbons (Fsp3) is 0.250. The summed E-state index contributed by atoms with van der Waals surface area (Å²) in [5, 5.41) is 3.65. The number of nitrogens with one attached hydrogen (secondary N) is 1. The zero-order valence-corrected chi connectivity index (χ0v) is 14.4. The fourth-order valence-electron chi connectivity index (χ4n) is 2.18. The molecule has 0 saturated carbocycles. The summed E-state index contributed by atoms with van der Waals surface area (Å²) in [5.41, 5.74) is 3.62. The lowest BCUT2D eigenvalue weighted by Crippen LogP contribution is -2.19. The molecular weight excluding hydrogens is 298 g/mol. The van der Waals surface area contributed by atoms with Gasteiger partial charge >= 0.3 is 0 Å². The van der Waals surface area contributed by atoms with E-state index in [1.165, 1.54) is 6.42 Å². The third-order valence-electron chi connectivity index (χ3n) is 3.36. The van der Waals surface area contributed by atoms with E-state index in [0.717, 1.165) is 27.9 Å². The lowest BCUT2D eigenvalue weighted by molar-refractivity contribution is -0.119. The molecule has 3 rings (SSSR count). The Hall–Kier alpha value is -2.75. The third kappa shape index (κ3) is 4.62. The molecule has 0 saturated heterocycles. The monoisotopic (exact) mass is 321 g/mol. The molecule has 1 aromatic carbocycles. The van der Waals surface area contributed by atoms with Gasteiger partial charge in [-0.15, -0.1) is 0 Å². The minimum absolute atomic E-state index is 0.00998.